The molecule has 1 aliphatic rings. The number of para-hydroxylation sites is 2. The van der Waals surface area contributed by atoms with Gasteiger partial charge in [-0.25, -0.2) is 4.98 Å². The van der Waals surface area contributed by atoms with Gasteiger partial charge in [0.25, 0.3) is 0 Å². The first kappa shape index (κ1) is 18.5. The molecule has 1 atom stereocenters. The molecule has 28 heavy (non-hydrogen) atoms. The average molecular weight is 377 g/mol. The van der Waals surface area contributed by atoms with Gasteiger partial charge in [-0.3, -0.25) is 4.79 Å². The first-order chi connectivity index (χ1) is 13.5. The molecule has 5 nitrogen and oxygen atoms in total. The van der Waals surface area contributed by atoms with E-state index in [1.165, 1.54) is 5.56 Å². The number of aryl methyl sites for hydroxylation is 2. The van der Waals surface area contributed by atoms with Gasteiger partial charge in [-0.2, -0.15) is 0 Å². The molecule has 146 valence electrons. The molecule has 1 amide bonds. The number of imidazole rings is 1. The van der Waals surface area contributed by atoms with Crippen LogP contribution in [0, 0.1) is 19.8 Å². The summed E-state index contributed by atoms with van der Waals surface area (Å²) in [6.45, 7) is 7.34. The standard InChI is InChI=1S/C23H27N3O2/c1-15-8-9-16(2)21(14-15)28-13-12-26-20-7-5-4-6-19(20)25-22(26)17(3)24-23(27)18-10-11-18/h4-9,14,17-18H,10-13H2,1-3H3,(H,24,27). The van der Waals surface area contributed by atoms with Crippen molar-refractivity contribution in [2.45, 2.75) is 46.2 Å². The van der Waals surface area contributed by atoms with Crippen LogP contribution in [0.1, 0.15) is 42.8 Å². The quantitative estimate of drug-likeness (QED) is 0.667. The Hall–Kier alpha value is -2.82. The van der Waals surface area contributed by atoms with Crippen molar-refractivity contribution in [3.63, 3.8) is 0 Å². The zero-order valence-electron chi connectivity index (χ0n) is 16.7. The normalized spacial score (nSPS) is 14.8. The van der Waals surface area contributed by atoms with Crippen LogP contribution in [-0.4, -0.2) is 22.1 Å². The molecule has 1 saturated carbocycles. The summed E-state index contributed by atoms with van der Waals surface area (Å²) in [7, 11) is 0. The van der Waals surface area contributed by atoms with E-state index in [-0.39, 0.29) is 17.9 Å². The molecule has 0 spiro atoms. The van der Waals surface area contributed by atoms with Gasteiger partial charge in [-0.15, -0.1) is 0 Å². The summed E-state index contributed by atoms with van der Waals surface area (Å²) in [5.41, 5.74) is 4.32. The Morgan fingerprint density at radius 3 is 2.82 bits per heavy atom. The van der Waals surface area contributed by atoms with E-state index in [9.17, 15) is 4.79 Å². The molecule has 1 heterocycles. The van der Waals surface area contributed by atoms with Crippen LogP contribution in [0.2, 0.25) is 0 Å². The Kier molecular flexibility index (Phi) is 5.07. The third-order valence-corrected chi connectivity index (χ3v) is 5.29. The van der Waals surface area contributed by atoms with E-state index in [1.54, 1.807) is 0 Å². The van der Waals surface area contributed by atoms with E-state index in [1.807, 2.05) is 25.1 Å². The molecule has 1 N–H and O–H groups in total. The van der Waals surface area contributed by atoms with E-state index in [2.05, 4.69) is 48.0 Å². The number of hydrogen-bond acceptors (Lipinski definition) is 3. The van der Waals surface area contributed by atoms with Crippen molar-refractivity contribution in [1.29, 1.82) is 0 Å². The van der Waals surface area contributed by atoms with Crippen LogP contribution in [0.25, 0.3) is 11.0 Å². The maximum atomic E-state index is 12.2. The van der Waals surface area contributed by atoms with Gasteiger partial charge in [0, 0.05) is 5.92 Å². The molecule has 1 unspecified atom stereocenters. The largest absolute Gasteiger partial charge is 0.491 e. The zero-order valence-corrected chi connectivity index (χ0v) is 16.7. The van der Waals surface area contributed by atoms with Crippen molar-refractivity contribution in [2.24, 2.45) is 5.92 Å². The summed E-state index contributed by atoms with van der Waals surface area (Å²) < 4.78 is 8.23. The van der Waals surface area contributed by atoms with Crippen LogP contribution >= 0.6 is 0 Å². The lowest BCUT2D eigenvalue weighted by molar-refractivity contribution is -0.123. The number of carbonyl (C=O) groups excluding carboxylic acids is 1. The molecule has 5 heteroatoms. The number of fused-ring (bicyclic) bond motifs is 1. The summed E-state index contributed by atoms with van der Waals surface area (Å²) in [5, 5.41) is 3.12. The summed E-state index contributed by atoms with van der Waals surface area (Å²) >= 11 is 0. The number of aromatic nitrogens is 2. The molecule has 3 aromatic rings. The number of hydrogen-bond donors (Lipinski definition) is 1. The molecular formula is C23H27N3O2. The van der Waals surface area contributed by atoms with Gasteiger partial charge >= 0.3 is 0 Å². The van der Waals surface area contributed by atoms with Crippen LogP contribution in [0.5, 0.6) is 5.75 Å². The zero-order chi connectivity index (χ0) is 19.7. The fourth-order valence-electron chi connectivity index (χ4n) is 3.51. The molecule has 0 aliphatic heterocycles. The Balaban J connectivity index is 1.54. The molecule has 4 rings (SSSR count). The summed E-state index contributed by atoms with van der Waals surface area (Å²) in [5.74, 6) is 2.12. The number of rotatable bonds is 7. The van der Waals surface area contributed by atoms with E-state index in [0.717, 1.165) is 41.0 Å². The Morgan fingerprint density at radius 1 is 1.25 bits per heavy atom. The summed E-state index contributed by atoms with van der Waals surface area (Å²) in [6.07, 6.45) is 2.00. The highest BCUT2D eigenvalue weighted by molar-refractivity contribution is 5.81. The molecule has 0 radical (unpaired) electrons. The molecule has 1 fully saturated rings. The van der Waals surface area contributed by atoms with Gasteiger partial charge in [-0.1, -0.05) is 24.3 Å². The fraction of sp³-hybridized carbons (Fsp3) is 0.391. The lowest BCUT2D eigenvalue weighted by atomic mass is 10.1. The van der Waals surface area contributed by atoms with Crippen molar-refractivity contribution in [3.8, 4) is 5.75 Å². The van der Waals surface area contributed by atoms with Crippen LogP contribution in [0.4, 0.5) is 0 Å². The van der Waals surface area contributed by atoms with E-state index >= 15 is 0 Å². The summed E-state index contributed by atoms with van der Waals surface area (Å²) in [6, 6.07) is 14.2. The number of benzene rings is 2. The second kappa shape index (κ2) is 7.66. The number of amides is 1. The first-order valence-corrected chi connectivity index (χ1v) is 9.98. The number of nitrogens with zero attached hydrogens (tertiary/aromatic N) is 2. The van der Waals surface area contributed by atoms with Gasteiger partial charge < -0.3 is 14.6 Å². The second-order valence-electron chi connectivity index (χ2n) is 7.73. The molecular weight excluding hydrogens is 350 g/mol. The number of nitrogens with one attached hydrogen (secondary N) is 1. The Morgan fingerprint density at radius 2 is 2.04 bits per heavy atom. The van der Waals surface area contributed by atoms with Crippen molar-refractivity contribution < 1.29 is 9.53 Å². The van der Waals surface area contributed by atoms with E-state index in [0.29, 0.717) is 13.2 Å². The van der Waals surface area contributed by atoms with Gasteiger partial charge in [0.15, 0.2) is 0 Å². The third-order valence-electron chi connectivity index (χ3n) is 5.29. The smallest absolute Gasteiger partial charge is 0.223 e. The minimum Gasteiger partial charge on any atom is -0.491 e. The Bertz CT molecular complexity index is 1000. The lowest BCUT2D eigenvalue weighted by Gasteiger charge is -2.17. The van der Waals surface area contributed by atoms with Crippen LogP contribution in [-0.2, 0) is 11.3 Å². The third kappa shape index (κ3) is 3.88. The maximum absolute atomic E-state index is 12.2. The highest BCUT2D eigenvalue weighted by Gasteiger charge is 2.31. The van der Waals surface area contributed by atoms with Crippen LogP contribution in [0.15, 0.2) is 42.5 Å². The molecule has 1 aromatic heterocycles. The predicted octanol–water partition coefficient (Wildman–Crippen LogP) is 4.32. The lowest BCUT2D eigenvalue weighted by Crippen LogP contribution is -2.30. The van der Waals surface area contributed by atoms with Crippen molar-refractivity contribution >= 4 is 16.9 Å². The topological polar surface area (TPSA) is 56.1 Å². The van der Waals surface area contributed by atoms with Gasteiger partial charge in [0.1, 0.15) is 18.2 Å². The van der Waals surface area contributed by atoms with Gasteiger partial charge in [0.05, 0.1) is 23.6 Å². The second-order valence-corrected chi connectivity index (χ2v) is 7.73. The van der Waals surface area contributed by atoms with E-state index < -0.39 is 0 Å². The highest BCUT2D eigenvalue weighted by Crippen LogP contribution is 2.30. The van der Waals surface area contributed by atoms with Gasteiger partial charge in [0.2, 0.25) is 5.91 Å². The van der Waals surface area contributed by atoms with Crippen molar-refractivity contribution in [3.05, 3.63) is 59.4 Å². The van der Waals surface area contributed by atoms with Crippen molar-refractivity contribution in [2.75, 3.05) is 6.61 Å². The molecule has 1 aliphatic carbocycles. The van der Waals surface area contributed by atoms with E-state index in [4.69, 9.17) is 9.72 Å². The molecule has 0 saturated heterocycles. The molecule has 2 aromatic carbocycles. The highest BCUT2D eigenvalue weighted by atomic mass is 16.5. The molecule has 0 bridgehead atoms. The Labute approximate surface area is 165 Å². The van der Waals surface area contributed by atoms with Gasteiger partial charge in [-0.05, 0) is 62.9 Å². The van der Waals surface area contributed by atoms with Crippen LogP contribution in [0.3, 0.4) is 0 Å². The van der Waals surface area contributed by atoms with Crippen LogP contribution < -0.4 is 10.1 Å². The number of carbonyl (C=O) groups is 1. The minimum atomic E-state index is -0.138. The SMILES string of the molecule is Cc1ccc(C)c(OCCn2c(C(C)NC(=O)C3CC3)nc3ccccc32)c1. The average Bonchev–Trinajstić information content (AvgIpc) is 3.47. The first-order valence-electron chi connectivity index (χ1n) is 9.98. The summed E-state index contributed by atoms with van der Waals surface area (Å²) in [4.78, 5) is 17.0. The minimum absolute atomic E-state index is 0.137. The maximum Gasteiger partial charge on any atom is 0.223 e. The number of ether oxygens (including phenoxy) is 1. The fourth-order valence-corrected chi connectivity index (χ4v) is 3.51. The van der Waals surface area contributed by atoms with Crippen molar-refractivity contribution in [1.82, 2.24) is 14.9 Å². The monoisotopic (exact) mass is 377 g/mol. The predicted molar refractivity (Wildman–Crippen MR) is 110 cm³/mol.